The second-order valence-electron chi connectivity index (χ2n) is 6.08. The lowest BCUT2D eigenvalue weighted by Crippen LogP contribution is -2.33. The maximum Gasteiger partial charge on any atom is 0.280 e. The third-order valence-corrected chi connectivity index (χ3v) is 3.99. The summed E-state index contributed by atoms with van der Waals surface area (Å²) in [5.41, 5.74) is 3.26. The summed E-state index contributed by atoms with van der Waals surface area (Å²) in [6.45, 7) is 4.53. The third kappa shape index (κ3) is 7.71. The van der Waals surface area contributed by atoms with Crippen LogP contribution in [0.4, 0.5) is 0 Å². The predicted octanol–water partition coefficient (Wildman–Crippen LogP) is 4.83. The first-order chi connectivity index (χ1) is 13.1. The first-order valence-electron chi connectivity index (χ1n) is 9.06. The van der Waals surface area contributed by atoms with E-state index < -0.39 is 6.10 Å². The number of hydrazone groups is 1. The molecule has 1 amide bonds. The molecular formula is C21H25ClN2O3. The van der Waals surface area contributed by atoms with Gasteiger partial charge in [-0.05, 0) is 55.3 Å². The monoisotopic (exact) mass is 388 g/mol. The smallest absolute Gasteiger partial charge is 0.280 e. The van der Waals surface area contributed by atoms with Crippen molar-refractivity contribution < 1.29 is 14.3 Å². The summed E-state index contributed by atoms with van der Waals surface area (Å²) in [5.74, 6) is 1.05. The second-order valence-corrected chi connectivity index (χ2v) is 6.51. The summed E-state index contributed by atoms with van der Waals surface area (Å²) in [7, 11) is 0. The van der Waals surface area contributed by atoms with Gasteiger partial charge >= 0.3 is 0 Å². The number of halogens is 1. The van der Waals surface area contributed by atoms with Gasteiger partial charge in [-0.15, -0.1) is 0 Å². The van der Waals surface area contributed by atoms with Crippen molar-refractivity contribution in [2.45, 2.75) is 39.2 Å². The largest absolute Gasteiger partial charge is 0.494 e. The van der Waals surface area contributed by atoms with Crippen molar-refractivity contribution in [1.82, 2.24) is 5.43 Å². The molecule has 2 aromatic rings. The highest BCUT2D eigenvalue weighted by atomic mass is 35.5. The van der Waals surface area contributed by atoms with Gasteiger partial charge in [0.1, 0.15) is 11.5 Å². The normalized spacial score (nSPS) is 12.0. The fraction of sp³-hybridized carbons (Fsp3) is 0.333. The molecule has 1 atom stereocenters. The average Bonchev–Trinajstić information content (AvgIpc) is 2.66. The summed E-state index contributed by atoms with van der Waals surface area (Å²) in [5, 5.41) is 4.54. The van der Waals surface area contributed by atoms with Crippen LogP contribution in [0.5, 0.6) is 11.5 Å². The highest BCUT2D eigenvalue weighted by Crippen LogP contribution is 2.19. The van der Waals surface area contributed by atoms with Gasteiger partial charge in [-0.25, -0.2) is 5.43 Å². The van der Waals surface area contributed by atoms with E-state index in [2.05, 4.69) is 17.5 Å². The van der Waals surface area contributed by atoms with E-state index >= 15 is 0 Å². The van der Waals surface area contributed by atoms with E-state index in [0.717, 1.165) is 24.2 Å². The molecule has 0 bridgehead atoms. The number of nitrogens with zero attached hydrogens (tertiary/aromatic N) is 1. The average molecular weight is 389 g/mol. The zero-order chi connectivity index (χ0) is 19.5. The summed E-state index contributed by atoms with van der Waals surface area (Å²) in [4.78, 5) is 12.1. The lowest BCUT2D eigenvalue weighted by Gasteiger charge is -2.13. The van der Waals surface area contributed by atoms with Crippen molar-refractivity contribution in [3.05, 3.63) is 59.1 Å². The number of ether oxygens (including phenoxy) is 2. The van der Waals surface area contributed by atoms with Crippen LogP contribution in [-0.2, 0) is 4.79 Å². The Bertz CT molecular complexity index is 747. The standard InChI is InChI=1S/C21H25ClN2O3/c1-3-4-5-13-26-19-9-11-20(12-10-19)27-16(2)21(25)24-23-15-17-7-6-8-18(22)14-17/h6-12,14-16H,3-5,13H2,1-2H3,(H,24,25). The number of hydrogen-bond acceptors (Lipinski definition) is 4. The van der Waals surface area contributed by atoms with Gasteiger partial charge in [0.05, 0.1) is 12.8 Å². The fourth-order valence-electron chi connectivity index (χ4n) is 2.26. The van der Waals surface area contributed by atoms with Crippen molar-refractivity contribution in [2.75, 3.05) is 6.61 Å². The van der Waals surface area contributed by atoms with Gasteiger partial charge in [-0.3, -0.25) is 4.79 Å². The Hall–Kier alpha value is -2.53. The minimum atomic E-state index is -0.683. The van der Waals surface area contributed by atoms with E-state index in [1.54, 1.807) is 31.2 Å². The molecule has 0 heterocycles. The van der Waals surface area contributed by atoms with Gasteiger partial charge < -0.3 is 9.47 Å². The summed E-state index contributed by atoms with van der Waals surface area (Å²) >= 11 is 5.90. The van der Waals surface area contributed by atoms with Crippen LogP contribution in [0.1, 0.15) is 38.7 Å². The molecule has 27 heavy (non-hydrogen) atoms. The van der Waals surface area contributed by atoms with Crippen LogP contribution in [0.3, 0.4) is 0 Å². The summed E-state index contributed by atoms with van der Waals surface area (Å²) < 4.78 is 11.3. The van der Waals surface area contributed by atoms with Crippen LogP contribution in [0.2, 0.25) is 5.02 Å². The zero-order valence-corrected chi connectivity index (χ0v) is 16.4. The first kappa shape index (κ1) is 20.8. The zero-order valence-electron chi connectivity index (χ0n) is 15.7. The Kier molecular flexibility index (Phi) is 8.65. The summed E-state index contributed by atoms with van der Waals surface area (Å²) in [6, 6.07) is 14.4. The second kappa shape index (κ2) is 11.2. The molecular weight excluding hydrogens is 364 g/mol. The van der Waals surface area contributed by atoms with Crippen LogP contribution in [0.15, 0.2) is 53.6 Å². The number of benzene rings is 2. The van der Waals surface area contributed by atoms with Crippen LogP contribution in [0, 0.1) is 0 Å². The van der Waals surface area contributed by atoms with E-state index in [1.165, 1.54) is 12.6 Å². The van der Waals surface area contributed by atoms with E-state index in [4.69, 9.17) is 21.1 Å². The molecule has 0 radical (unpaired) electrons. The molecule has 0 fully saturated rings. The molecule has 0 aliphatic heterocycles. The molecule has 1 N–H and O–H groups in total. The number of amides is 1. The van der Waals surface area contributed by atoms with Gasteiger partial charge in [0.25, 0.3) is 5.91 Å². The maximum atomic E-state index is 12.1. The van der Waals surface area contributed by atoms with E-state index in [1.807, 2.05) is 24.3 Å². The molecule has 0 spiro atoms. The van der Waals surface area contributed by atoms with Crippen LogP contribution in [0.25, 0.3) is 0 Å². The summed E-state index contributed by atoms with van der Waals surface area (Å²) in [6.07, 6.45) is 4.22. The molecule has 0 aromatic heterocycles. The lowest BCUT2D eigenvalue weighted by molar-refractivity contribution is -0.127. The number of carbonyl (C=O) groups is 1. The highest BCUT2D eigenvalue weighted by Gasteiger charge is 2.13. The number of carbonyl (C=O) groups excluding carboxylic acids is 1. The van der Waals surface area contributed by atoms with Crippen molar-refractivity contribution >= 4 is 23.7 Å². The van der Waals surface area contributed by atoms with E-state index in [9.17, 15) is 4.79 Å². The van der Waals surface area contributed by atoms with Gasteiger partial charge in [-0.1, -0.05) is 43.5 Å². The fourth-order valence-corrected chi connectivity index (χ4v) is 2.46. The Morgan fingerprint density at radius 3 is 2.63 bits per heavy atom. The Morgan fingerprint density at radius 1 is 1.19 bits per heavy atom. The number of nitrogens with one attached hydrogen (secondary N) is 1. The highest BCUT2D eigenvalue weighted by molar-refractivity contribution is 6.30. The molecule has 6 heteroatoms. The van der Waals surface area contributed by atoms with Crippen molar-refractivity contribution in [1.29, 1.82) is 0 Å². The molecule has 1 unspecified atom stereocenters. The van der Waals surface area contributed by atoms with Gasteiger partial charge in [0.15, 0.2) is 6.10 Å². The first-order valence-corrected chi connectivity index (χ1v) is 9.44. The van der Waals surface area contributed by atoms with Crippen LogP contribution in [-0.4, -0.2) is 24.8 Å². The van der Waals surface area contributed by atoms with Crippen LogP contribution >= 0.6 is 11.6 Å². The minimum Gasteiger partial charge on any atom is -0.494 e. The molecule has 0 aliphatic rings. The number of unbranched alkanes of at least 4 members (excludes halogenated alkanes) is 2. The molecule has 5 nitrogen and oxygen atoms in total. The molecule has 0 saturated carbocycles. The SMILES string of the molecule is CCCCCOc1ccc(OC(C)C(=O)NN=Cc2cccc(Cl)c2)cc1. The number of hydrogen-bond donors (Lipinski definition) is 1. The van der Waals surface area contributed by atoms with Crippen LogP contribution < -0.4 is 14.9 Å². The molecule has 2 rings (SSSR count). The third-order valence-electron chi connectivity index (χ3n) is 3.76. The van der Waals surface area contributed by atoms with Crippen molar-refractivity contribution in [2.24, 2.45) is 5.10 Å². The number of rotatable bonds is 10. The lowest BCUT2D eigenvalue weighted by atomic mass is 10.2. The van der Waals surface area contributed by atoms with Crippen molar-refractivity contribution in [3.8, 4) is 11.5 Å². The van der Waals surface area contributed by atoms with Gasteiger partial charge in [0.2, 0.25) is 0 Å². The molecule has 0 saturated heterocycles. The topological polar surface area (TPSA) is 59.9 Å². The maximum absolute atomic E-state index is 12.1. The molecule has 0 aliphatic carbocycles. The Labute approximate surface area is 165 Å². The Morgan fingerprint density at radius 2 is 1.93 bits per heavy atom. The van der Waals surface area contributed by atoms with E-state index in [-0.39, 0.29) is 5.91 Å². The van der Waals surface area contributed by atoms with Gasteiger partial charge in [-0.2, -0.15) is 5.10 Å². The van der Waals surface area contributed by atoms with Crippen molar-refractivity contribution in [3.63, 3.8) is 0 Å². The molecule has 144 valence electrons. The quantitative estimate of drug-likeness (QED) is 0.360. The van der Waals surface area contributed by atoms with E-state index in [0.29, 0.717) is 17.4 Å². The Balaban J connectivity index is 1.78. The predicted molar refractivity (Wildman–Crippen MR) is 109 cm³/mol. The molecule has 2 aromatic carbocycles. The van der Waals surface area contributed by atoms with Gasteiger partial charge in [0, 0.05) is 5.02 Å². The minimum absolute atomic E-state index is 0.340.